The molecule has 2 rings (SSSR count). The molecule has 0 saturated carbocycles. The summed E-state index contributed by atoms with van der Waals surface area (Å²) >= 11 is 1.24. The number of rotatable bonds is 5. The van der Waals surface area contributed by atoms with Gasteiger partial charge >= 0.3 is 6.09 Å². The minimum Gasteiger partial charge on any atom is -0.450 e. The number of hydrogen-bond donors (Lipinski definition) is 2. The molecule has 0 bridgehead atoms. The van der Waals surface area contributed by atoms with Crippen molar-refractivity contribution >= 4 is 34.4 Å². The molecule has 1 fully saturated rings. The zero-order chi connectivity index (χ0) is 16.8. The van der Waals surface area contributed by atoms with Crippen molar-refractivity contribution in [3.63, 3.8) is 0 Å². The molecule has 1 saturated heterocycles. The Bertz CT molecular complexity index is 581. The van der Waals surface area contributed by atoms with E-state index in [2.05, 4.69) is 10.3 Å². The highest BCUT2D eigenvalue weighted by molar-refractivity contribution is 7.13. The molecule has 3 N–H and O–H groups in total. The number of anilines is 1. The van der Waals surface area contributed by atoms with E-state index in [1.807, 2.05) is 0 Å². The maximum absolute atomic E-state index is 12.2. The molecule has 0 unspecified atom stereocenters. The summed E-state index contributed by atoms with van der Waals surface area (Å²) in [4.78, 5) is 40.6. The van der Waals surface area contributed by atoms with Crippen molar-refractivity contribution < 1.29 is 19.1 Å². The second-order valence-electron chi connectivity index (χ2n) is 5.22. The smallest absolute Gasteiger partial charge is 0.413 e. The summed E-state index contributed by atoms with van der Waals surface area (Å²) in [6.45, 7) is 3.06. The minimum absolute atomic E-state index is 0.0408. The second kappa shape index (κ2) is 7.91. The van der Waals surface area contributed by atoms with Gasteiger partial charge in [0, 0.05) is 24.4 Å². The lowest BCUT2D eigenvalue weighted by molar-refractivity contribution is -0.134. The summed E-state index contributed by atoms with van der Waals surface area (Å²) in [6.07, 6.45) is 0.817. The number of hydrogen-bond acceptors (Lipinski definition) is 6. The van der Waals surface area contributed by atoms with Crippen LogP contribution in [0.2, 0.25) is 0 Å². The van der Waals surface area contributed by atoms with Crippen LogP contribution in [0.15, 0.2) is 5.38 Å². The quantitative estimate of drug-likeness (QED) is 0.829. The van der Waals surface area contributed by atoms with Crippen molar-refractivity contribution in [2.24, 2.45) is 11.7 Å². The Balaban J connectivity index is 1.83. The predicted octanol–water partition coefficient (Wildman–Crippen LogP) is 0.978. The van der Waals surface area contributed by atoms with Crippen LogP contribution >= 0.6 is 11.3 Å². The lowest BCUT2D eigenvalue weighted by atomic mass is 9.96. The van der Waals surface area contributed by atoms with Gasteiger partial charge in [-0.2, -0.15) is 0 Å². The Morgan fingerprint density at radius 2 is 2.13 bits per heavy atom. The Labute approximate surface area is 138 Å². The van der Waals surface area contributed by atoms with Crippen LogP contribution in [0, 0.1) is 5.92 Å². The lowest BCUT2D eigenvalue weighted by Crippen LogP contribution is -2.42. The Kier molecular flexibility index (Phi) is 5.91. The van der Waals surface area contributed by atoms with Gasteiger partial charge in [-0.15, -0.1) is 11.3 Å². The van der Waals surface area contributed by atoms with Crippen LogP contribution in [0.25, 0.3) is 0 Å². The zero-order valence-corrected chi connectivity index (χ0v) is 13.7. The van der Waals surface area contributed by atoms with Crippen molar-refractivity contribution in [3.8, 4) is 0 Å². The van der Waals surface area contributed by atoms with E-state index < -0.39 is 6.09 Å². The van der Waals surface area contributed by atoms with E-state index in [-0.39, 0.29) is 30.8 Å². The number of nitrogens with zero attached hydrogens (tertiary/aromatic N) is 2. The number of carbonyl (C=O) groups excluding carboxylic acids is 3. The van der Waals surface area contributed by atoms with E-state index in [0.717, 1.165) is 0 Å². The third-order valence-electron chi connectivity index (χ3n) is 3.62. The number of piperidine rings is 1. The minimum atomic E-state index is -0.562. The first kappa shape index (κ1) is 17.2. The van der Waals surface area contributed by atoms with Crippen molar-refractivity contribution in [3.05, 3.63) is 11.1 Å². The average molecular weight is 340 g/mol. The molecule has 9 heteroatoms. The first-order chi connectivity index (χ1) is 11.0. The van der Waals surface area contributed by atoms with Crippen LogP contribution < -0.4 is 11.1 Å². The summed E-state index contributed by atoms with van der Waals surface area (Å²) < 4.78 is 4.76. The van der Waals surface area contributed by atoms with Crippen molar-refractivity contribution in [1.82, 2.24) is 9.88 Å². The average Bonchev–Trinajstić information content (AvgIpc) is 2.94. The molecule has 0 aromatic carbocycles. The molecule has 1 aromatic rings. The highest BCUT2D eigenvalue weighted by atomic mass is 32.1. The van der Waals surface area contributed by atoms with Crippen LogP contribution in [-0.2, 0) is 20.7 Å². The first-order valence-corrected chi connectivity index (χ1v) is 8.32. The second-order valence-corrected chi connectivity index (χ2v) is 6.08. The lowest BCUT2D eigenvalue weighted by Gasteiger charge is -2.30. The van der Waals surface area contributed by atoms with E-state index in [0.29, 0.717) is 36.8 Å². The molecule has 23 heavy (non-hydrogen) atoms. The van der Waals surface area contributed by atoms with Crippen molar-refractivity contribution in [1.29, 1.82) is 0 Å². The molecular formula is C14H20N4O4S. The fourth-order valence-electron chi connectivity index (χ4n) is 2.38. The van der Waals surface area contributed by atoms with Crippen molar-refractivity contribution in [2.75, 3.05) is 25.0 Å². The summed E-state index contributed by atoms with van der Waals surface area (Å²) in [5, 5.41) is 4.64. The first-order valence-electron chi connectivity index (χ1n) is 7.45. The molecule has 1 aliphatic rings. The van der Waals surface area contributed by atoms with Crippen LogP contribution in [0.3, 0.4) is 0 Å². The largest absolute Gasteiger partial charge is 0.450 e. The Hall–Kier alpha value is -2.16. The van der Waals surface area contributed by atoms with Gasteiger partial charge in [0.15, 0.2) is 5.13 Å². The highest BCUT2D eigenvalue weighted by Gasteiger charge is 2.26. The third-order valence-corrected chi connectivity index (χ3v) is 4.43. The maximum atomic E-state index is 12.2. The summed E-state index contributed by atoms with van der Waals surface area (Å²) in [7, 11) is 0. The zero-order valence-electron chi connectivity index (χ0n) is 12.9. The number of nitrogens with two attached hydrogens (primary N) is 1. The van der Waals surface area contributed by atoms with Crippen LogP contribution in [-0.4, -0.2) is 47.5 Å². The predicted molar refractivity (Wildman–Crippen MR) is 85.0 cm³/mol. The molecule has 0 aliphatic carbocycles. The van der Waals surface area contributed by atoms with Crippen molar-refractivity contribution in [2.45, 2.75) is 26.2 Å². The molecule has 0 atom stereocenters. The molecule has 0 spiro atoms. The van der Waals surface area contributed by atoms with Gasteiger partial charge in [-0.1, -0.05) is 0 Å². The number of primary amides is 1. The fraction of sp³-hybridized carbons (Fsp3) is 0.571. The molecule has 0 radical (unpaired) electrons. The number of ether oxygens (including phenoxy) is 1. The molecule has 2 heterocycles. The van der Waals surface area contributed by atoms with E-state index in [1.54, 1.807) is 17.2 Å². The van der Waals surface area contributed by atoms with Gasteiger partial charge in [0.1, 0.15) is 0 Å². The number of carbonyl (C=O) groups is 3. The van der Waals surface area contributed by atoms with Crippen LogP contribution in [0.5, 0.6) is 0 Å². The Morgan fingerprint density at radius 3 is 2.74 bits per heavy atom. The topological polar surface area (TPSA) is 115 Å². The molecule has 8 nitrogen and oxygen atoms in total. The standard InChI is InChI=1S/C14H20N4O4S/c1-2-22-14(21)17-13-16-10(8-23-13)7-11(19)18-5-3-9(4-6-18)12(15)20/h8-9H,2-7H2,1H3,(H2,15,20)(H,16,17,21). The van der Waals surface area contributed by atoms with E-state index in [1.165, 1.54) is 11.3 Å². The fourth-order valence-corrected chi connectivity index (χ4v) is 3.08. The number of thiazole rings is 1. The van der Waals surface area contributed by atoms with Gasteiger partial charge in [-0.05, 0) is 19.8 Å². The van der Waals surface area contributed by atoms with Gasteiger partial charge in [-0.25, -0.2) is 9.78 Å². The van der Waals surface area contributed by atoms with E-state index in [4.69, 9.17) is 10.5 Å². The van der Waals surface area contributed by atoms with Gasteiger partial charge < -0.3 is 15.4 Å². The highest BCUT2D eigenvalue weighted by Crippen LogP contribution is 2.19. The molecule has 1 aliphatic heterocycles. The van der Waals surface area contributed by atoms with E-state index in [9.17, 15) is 14.4 Å². The van der Waals surface area contributed by atoms with Gasteiger partial charge in [0.05, 0.1) is 18.7 Å². The third kappa shape index (κ3) is 4.92. The Morgan fingerprint density at radius 1 is 1.43 bits per heavy atom. The monoisotopic (exact) mass is 340 g/mol. The van der Waals surface area contributed by atoms with Crippen LogP contribution in [0.4, 0.5) is 9.93 Å². The number of amides is 3. The van der Waals surface area contributed by atoms with Crippen LogP contribution in [0.1, 0.15) is 25.5 Å². The molecular weight excluding hydrogens is 320 g/mol. The maximum Gasteiger partial charge on any atom is 0.413 e. The number of likely N-dealkylation sites (tertiary alicyclic amines) is 1. The summed E-state index contributed by atoms with van der Waals surface area (Å²) in [5.74, 6) is -0.481. The molecule has 126 valence electrons. The number of aromatic nitrogens is 1. The van der Waals surface area contributed by atoms with E-state index >= 15 is 0 Å². The summed E-state index contributed by atoms with van der Waals surface area (Å²) in [5.41, 5.74) is 5.88. The normalized spacial score (nSPS) is 15.3. The summed E-state index contributed by atoms with van der Waals surface area (Å²) in [6, 6.07) is 0. The SMILES string of the molecule is CCOC(=O)Nc1nc(CC(=O)N2CCC(C(N)=O)CC2)cs1. The van der Waals surface area contributed by atoms with Gasteiger partial charge in [-0.3, -0.25) is 14.9 Å². The molecule has 1 aromatic heterocycles. The number of nitrogens with one attached hydrogen (secondary N) is 1. The van der Waals surface area contributed by atoms with Gasteiger partial charge in [0.25, 0.3) is 0 Å². The van der Waals surface area contributed by atoms with Gasteiger partial charge in [0.2, 0.25) is 11.8 Å². The molecule has 3 amide bonds.